The van der Waals surface area contributed by atoms with Crippen LogP contribution >= 0.6 is 11.6 Å². The Morgan fingerprint density at radius 3 is 2.74 bits per heavy atom. The number of benzene rings is 1. The van der Waals surface area contributed by atoms with Crippen LogP contribution in [0.25, 0.3) is 10.9 Å². The maximum atomic E-state index is 6.30. The summed E-state index contributed by atoms with van der Waals surface area (Å²) in [6.07, 6.45) is 5.81. The minimum Gasteiger partial charge on any atom is -0.292 e. The van der Waals surface area contributed by atoms with E-state index in [4.69, 9.17) is 11.6 Å². The van der Waals surface area contributed by atoms with Gasteiger partial charge < -0.3 is 0 Å². The molecule has 0 saturated carbocycles. The van der Waals surface area contributed by atoms with E-state index in [2.05, 4.69) is 41.1 Å². The Hall–Kier alpha value is -1.91. The van der Waals surface area contributed by atoms with E-state index >= 15 is 0 Å². The van der Waals surface area contributed by atoms with Crippen molar-refractivity contribution in [3.8, 4) is 0 Å². The standard InChI is InChI=1S/C18H21ClN4/c1-13(2)23(11-14-9-21-22(3)10-14)12-15-6-7-17(19)16-5-4-8-20-18(15)16/h4-10,13H,11-12H2,1-3H3. The van der Waals surface area contributed by atoms with Crippen LogP contribution in [-0.2, 0) is 20.1 Å². The fraction of sp³-hybridized carbons (Fsp3) is 0.333. The molecule has 0 saturated heterocycles. The van der Waals surface area contributed by atoms with E-state index in [1.807, 2.05) is 42.3 Å². The van der Waals surface area contributed by atoms with Gasteiger partial charge in [0, 0.05) is 54.5 Å². The molecule has 5 heteroatoms. The zero-order valence-electron chi connectivity index (χ0n) is 13.7. The largest absolute Gasteiger partial charge is 0.292 e. The molecule has 0 atom stereocenters. The molecule has 2 aromatic heterocycles. The number of aryl methyl sites for hydroxylation is 1. The van der Waals surface area contributed by atoms with Gasteiger partial charge in [-0.25, -0.2) is 0 Å². The summed E-state index contributed by atoms with van der Waals surface area (Å²) in [5.41, 5.74) is 3.40. The number of hydrogen-bond donors (Lipinski definition) is 0. The van der Waals surface area contributed by atoms with Crippen LogP contribution in [0.1, 0.15) is 25.0 Å². The van der Waals surface area contributed by atoms with Gasteiger partial charge >= 0.3 is 0 Å². The first-order valence-corrected chi connectivity index (χ1v) is 8.16. The number of pyridine rings is 1. The number of halogens is 1. The van der Waals surface area contributed by atoms with E-state index in [-0.39, 0.29) is 0 Å². The molecule has 4 nitrogen and oxygen atoms in total. The maximum Gasteiger partial charge on any atom is 0.0761 e. The highest BCUT2D eigenvalue weighted by molar-refractivity contribution is 6.35. The topological polar surface area (TPSA) is 34.0 Å². The minimum atomic E-state index is 0.421. The van der Waals surface area contributed by atoms with Gasteiger partial charge in [0.25, 0.3) is 0 Å². The molecule has 3 rings (SSSR count). The Kier molecular flexibility index (Phi) is 4.64. The number of rotatable bonds is 5. The second-order valence-electron chi connectivity index (χ2n) is 6.13. The van der Waals surface area contributed by atoms with Crippen LogP contribution in [0, 0.1) is 0 Å². The lowest BCUT2D eigenvalue weighted by molar-refractivity contribution is 0.204. The van der Waals surface area contributed by atoms with Crippen LogP contribution in [0.5, 0.6) is 0 Å². The first-order valence-electron chi connectivity index (χ1n) is 7.78. The van der Waals surface area contributed by atoms with Gasteiger partial charge in [-0.15, -0.1) is 0 Å². The molecular formula is C18H21ClN4. The van der Waals surface area contributed by atoms with Crippen LogP contribution in [0.3, 0.4) is 0 Å². The Morgan fingerprint density at radius 1 is 1.22 bits per heavy atom. The van der Waals surface area contributed by atoms with Gasteiger partial charge in [0.15, 0.2) is 0 Å². The third-order valence-corrected chi connectivity index (χ3v) is 4.38. The summed E-state index contributed by atoms with van der Waals surface area (Å²) in [5, 5.41) is 6.02. The highest BCUT2D eigenvalue weighted by atomic mass is 35.5. The van der Waals surface area contributed by atoms with Crippen molar-refractivity contribution in [1.29, 1.82) is 0 Å². The van der Waals surface area contributed by atoms with Crippen molar-refractivity contribution < 1.29 is 0 Å². The lowest BCUT2D eigenvalue weighted by Crippen LogP contribution is -2.29. The molecule has 0 unspecified atom stereocenters. The third kappa shape index (κ3) is 3.54. The van der Waals surface area contributed by atoms with Crippen molar-refractivity contribution in [1.82, 2.24) is 19.7 Å². The van der Waals surface area contributed by atoms with Crippen molar-refractivity contribution in [2.45, 2.75) is 33.0 Å². The number of nitrogens with zero attached hydrogens (tertiary/aromatic N) is 4. The quantitative estimate of drug-likeness (QED) is 0.709. The van der Waals surface area contributed by atoms with E-state index < -0.39 is 0 Å². The van der Waals surface area contributed by atoms with Gasteiger partial charge in [0.2, 0.25) is 0 Å². The molecule has 1 aromatic carbocycles. The van der Waals surface area contributed by atoms with Gasteiger partial charge in [0.05, 0.1) is 11.7 Å². The molecule has 3 aromatic rings. The summed E-state index contributed by atoms with van der Waals surface area (Å²) in [6, 6.07) is 8.41. The zero-order chi connectivity index (χ0) is 16.4. The average molecular weight is 329 g/mol. The van der Waals surface area contributed by atoms with E-state index in [0.29, 0.717) is 6.04 Å². The van der Waals surface area contributed by atoms with Crippen molar-refractivity contribution in [3.05, 3.63) is 59.0 Å². The molecular weight excluding hydrogens is 308 g/mol. The van der Waals surface area contributed by atoms with Crippen molar-refractivity contribution in [3.63, 3.8) is 0 Å². The molecule has 120 valence electrons. The highest BCUT2D eigenvalue weighted by Crippen LogP contribution is 2.26. The minimum absolute atomic E-state index is 0.421. The van der Waals surface area contributed by atoms with Crippen molar-refractivity contribution in [2.24, 2.45) is 7.05 Å². The molecule has 0 aliphatic carbocycles. The van der Waals surface area contributed by atoms with Crippen LogP contribution in [0.2, 0.25) is 5.02 Å². The molecule has 0 amide bonds. The predicted molar refractivity (Wildman–Crippen MR) is 94.3 cm³/mol. The first kappa shape index (κ1) is 16.0. The summed E-state index contributed by atoms with van der Waals surface area (Å²) in [5.74, 6) is 0. The first-order chi connectivity index (χ1) is 11.0. The Bertz CT molecular complexity index is 810. The van der Waals surface area contributed by atoms with Crippen LogP contribution in [-0.4, -0.2) is 25.7 Å². The van der Waals surface area contributed by atoms with Crippen molar-refractivity contribution >= 4 is 22.5 Å². The second kappa shape index (κ2) is 6.69. The monoisotopic (exact) mass is 328 g/mol. The van der Waals surface area contributed by atoms with E-state index in [0.717, 1.165) is 29.0 Å². The molecule has 0 fully saturated rings. The smallest absolute Gasteiger partial charge is 0.0761 e. The molecule has 0 N–H and O–H groups in total. The van der Waals surface area contributed by atoms with Crippen LogP contribution in [0.15, 0.2) is 42.9 Å². The molecule has 0 spiro atoms. The molecule has 0 aliphatic heterocycles. The lowest BCUT2D eigenvalue weighted by Gasteiger charge is -2.26. The molecule has 0 bridgehead atoms. The fourth-order valence-corrected chi connectivity index (χ4v) is 2.97. The molecule has 2 heterocycles. The number of hydrogen-bond acceptors (Lipinski definition) is 3. The van der Waals surface area contributed by atoms with E-state index in [9.17, 15) is 0 Å². The summed E-state index contributed by atoms with van der Waals surface area (Å²) < 4.78 is 1.84. The van der Waals surface area contributed by atoms with Crippen LogP contribution in [0.4, 0.5) is 0 Å². The third-order valence-electron chi connectivity index (χ3n) is 4.05. The lowest BCUT2D eigenvalue weighted by atomic mass is 10.1. The van der Waals surface area contributed by atoms with Crippen LogP contribution < -0.4 is 0 Å². The fourth-order valence-electron chi connectivity index (χ4n) is 2.75. The Labute approximate surface area is 141 Å². The van der Waals surface area contributed by atoms with Gasteiger partial charge in [-0.3, -0.25) is 14.6 Å². The summed E-state index contributed by atoms with van der Waals surface area (Å²) in [4.78, 5) is 6.95. The van der Waals surface area contributed by atoms with Crippen molar-refractivity contribution in [2.75, 3.05) is 0 Å². The predicted octanol–water partition coefficient (Wildman–Crippen LogP) is 4.03. The zero-order valence-corrected chi connectivity index (χ0v) is 14.5. The maximum absolute atomic E-state index is 6.30. The molecule has 23 heavy (non-hydrogen) atoms. The summed E-state index contributed by atoms with van der Waals surface area (Å²) in [7, 11) is 1.94. The molecule has 0 aliphatic rings. The average Bonchev–Trinajstić information content (AvgIpc) is 2.94. The molecule has 0 radical (unpaired) electrons. The highest BCUT2D eigenvalue weighted by Gasteiger charge is 2.14. The number of fused-ring (bicyclic) bond motifs is 1. The Morgan fingerprint density at radius 2 is 2.04 bits per heavy atom. The van der Waals surface area contributed by atoms with E-state index in [1.165, 1.54) is 11.1 Å². The Balaban J connectivity index is 1.90. The van der Waals surface area contributed by atoms with Gasteiger partial charge in [-0.2, -0.15) is 5.10 Å². The SMILES string of the molecule is CC(C)N(Cc1cnn(C)c1)Cc1ccc(Cl)c2cccnc12. The summed E-state index contributed by atoms with van der Waals surface area (Å²) >= 11 is 6.30. The van der Waals surface area contributed by atoms with E-state index in [1.54, 1.807) is 0 Å². The normalized spacial score (nSPS) is 11.7. The summed E-state index contributed by atoms with van der Waals surface area (Å²) in [6.45, 7) is 6.11. The second-order valence-corrected chi connectivity index (χ2v) is 6.53. The van der Waals surface area contributed by atoms with Gasteiger partial charge in [0.1, 0.15) is 0 Å². The van der Waals surface area contributed by atoms with Gasteiger partial charge in [-0.1, -0.05) is 17.7 Å². The van der Waals surface area contributed by atoms with Gasteiger partial charge in [-0.05, 0) is 37.6 Å². The number of aromatic nitrogens is 3.